The van der Waals surface area contributed by atoms with E-state index in [-0.39, 0.29) is 12.6 Å². The Morgan fingerprint density at radius 1 is 1.59 bits per heavy atom. The lowest BCUT2D eigenvalue weighted by atomic mass is 10.2. The molecule has 0 bridgehead atoms. The van der Waals surface area contributed by atoms with Crippen LogP contribution in [0.1, 0.15) is 24.8 Å². The Balaban J connectivity index is 2.51. The smallest absolute Gasteiger partial charge is 0.332 e. The molecule has 0 aliphatic rings. The molecule has 1 heterocycles. The molecule has 3 N–H and O–H groups in total. The lowest BCUT2D eigenvalue weighted by Gasteiger charge is -2.15. The van der Waals surface area contributed by atoms with Crippen LogP contribution in [0.3, 0.4) is 0 Å². The minimum Gasteiger partial charge on any atom is -0.464 e. The molecule has 0 radical (unpaired) electrons. The van der Waals surface area contributed by atoms with E-state index >= 15 is 0 Å². The summed E-state index contributed by atoms with van der Waals surface area (Å²) in [4.78, 5) is 23.9. The summed E-state index contributed by atoms with van der Waals surface area (Å²) in [6, 6.07) is 2.37. The number of carbonyl (C=O) groups is 2. The van der Waals surface area contributed by atoms with Crippen LogP contribution in [0, 0.1) is 0 Å². The van der Waals surface area contributed by atoms with E-state index in [2.05, 4.69) is 10.1 Å². The molecule has 0 saturated heterocycles. The molecule has 0 aliphatic heterocycles. The lowest BCUT2D eigenvalue weighted by molar-refractivity contribution is -0.148. The van der Waals surface area contributed by atoms with Crippen LogP contribution >= 0.6 is 11.3 Å². The number of ether oxygens (including phenoxy) is 1. The third-order valence-electron chi connectivity index (χ3n) is 2.15. The van der Waals surface area contributed by atoms with Crippen LogP contribution in [0.15, 0.2) is 17.5 Å². The van der Waals surface area contributed by atoms with Gasteiger partial charge in [-0.15, -0.1) is 11.3 Å². The summed E-state index contributed by atoms with van der Waals surface area (Å²) in [6.45, 7) is 3.71. The van der Waals surface area contributed by atoms with Gasteiger partial charge in [-0.05, 0) is 25.3 Å². The number of esters is 1. The number of nitrogens with two attached hydrogens (primary N) is 1. The number of hydrogen-bond acceptors (Lipinski definition) is 5. The molecule has 17 heavy (non-hydrogen) atoms. The molecule has 1 amide bonds. The Morgan fingerprint density at radius 3 is 2.82 bits per heavy atom. The van der Waals surface area contributed by atoms with Gasteiger partial charge in [-0.3, -0.25) is 4.79 Å². The van der Waals surface area contributed by atoms with Crippen molar-refractivity contribution in [1.29, 1.82) is 0 Å². The number of amides is 1. The molecule has 0 aliphatic carbocycles. The van der Waals surface area contributed by atoms with Gasteiger partial charge in [0.15, 0.2) is 6.04 Å². The Morgan fingerprint density at radius 2 is 2.29 bits per heavy atom. The van der Waals surface area contributed by atoms with Gasteiger partial charge in [0.05, 0.1) is 12.6 Å². The van der Waals surface area contributed by atoms with Crippen molar-refractivity contribution in [2.45, 2.75) is 25.9 Å². The van der Waals surface area contributed by atoms with E-state index in [1.165, 1.54) is 11.3 Å². The molecule has 94 valence electrons. The first-order valence-electron chi connectivity index (χ1n) is 5.32. The van der Waals surface area contributed by atoms with Crippen LogP contribution in [-0.2, 0) is 14.3 Å². The molecular weight excluding hydrogens is 240 g/mol. The van der Waals surface area contributed by atoms with E-state index in [1.54, 1.807) is 6.92 Å². The summed E-state index contributed by atoms with van der Waals surface area (Å²) < 4.78 is 4.67. The number of hydrogen-bond donors (Lipinski definition) is 2. The van der Waals surface area contributed by atoms with Crippen LogP contribution in [0.25, 0.3) is 0 Å². The molecular formula is C11H16N2O3S. The maximum Gasteiger partial charge on any atom is 0.332 e. The van der Waals surface area contributed by atoms with Gasteiger partial charge in [0, 0.05) is 4.88 Å². The van der Waals surface area contributed by atoms with Crippen LogP contribution in [-0.4, -0.2) is 24.5 Å². The summed E-state index contributed by atoms with van der Waals surface area (Å²) in [5.41, 5.74) is 5.47. The van der Waals surface area contributed by atoms with Crippen molar-refractivity contribution in [1.82, 2.24) is 5.32 Å². The van der Waals surface area contributed by atoms with Crippen molar-refractivity contribution in [3.8, 4) is 0 Å². The van der Waals surface area contributed by atoms with E-state index in [0.29, 0.717) is 0 Å². The normalized spacial score (nSPS) is 13.8. The fraction of sp³-hybridized carbons (Fsp3) is 0.455. The molecule has 1 aromatic heterocycles. The Bertz CT molecular complexity index is 378. The Kier molecular flexibility index (Phi) is 5.11. The largest absolute Gasteiger partial charge is 0.464 e. The first-order chi connectivity index (χ1) is 8.06. The van der Waals surface area contributed by atoms with Crippen LogP contribution in [0.5, 0.6) is 0 Å². The number of rotatable bonds is 5. The zero-order chi connectivity index (χ0) is 12.8. The average molecular weight is 256 g/mol. The number of thiophene rings is 1. The third-order valence-corrected chi connectivity index (χ3v) is 3.21. The maximum absolute atomic E-state index is 11.6. The Labute approximate surface area is 104 Å². The van der Waals surface area contributed by atoms with E-state index in [1.807, 2.05) is 24.4 Å². The first-order valence-corrected chi connectivity index (χ1v) is 6.20. The highest BCUT2D eigenvalue weighted by atomic mass is 32.1. The second kappa shape index (κ2) is 6.36. The van der Waals surface area contributed by atoms with Crippen LogP contribution in [0.2, 0.25) is 0 Å². The summed E-state index contributed by atoms with van der Waals surface area (Å²) >= 11 is 1.53. The zero-order valence-electron chi connectivity index (χ0n) is 9.80. The van der Waals surface area contributed by atoms with E-state index in [9.17, 15) is 9.59 Å². The van der Waals surface area contributed by atoms with Gasteiger partial charge in [0.1, 0.15) is 0 Å². The van der Waals surface area contributed by atoms with Gasteiger partial charge in [-0.2, -0.15) is 0 Å². The molecule has 0 aromatic carbocycles. The number of nitrogens with one attached hydrogen (secondary N) is 1. The second-order valence-electron chi connectivity index (χ2n) is 3.48. The van der Waals surface area contributed by atoms with Crippen molar-refractivity contribution in [2.24, 2.45) is 5.73 Å². The molecule has 1 rings (SSSR count). The zero-order valence-corrected chi connectivity index (χ0v) is 10.6. The van der Waals surface area contributed by atoms with Gasteiger partial charge >= 0.3 is 5.97 Å². The quantitative estimate of drug-likeness (QED) is 0.603. The molecule has 6 heteroatoms. The predicted octanol–water partition coefficient (Wildman–Crippen LogP) is 0.816. The van der Waals surface area contributed by atoms with Crippen molar-refractivity contribution >= 4 is 23.2 Å². The molecule has 0 saturated carbocycles. The summed E-state index contributed by atoms with van der Waals surface area (Å²) in [5.74, 6) is -1.23. The molecule has 2 unspecified atom stereocenters. The topological polar surface area (TPSA) is 81.4 Å². The fourth-order valence-corrected chi connectivity index (χ4v) is 1.99. The first kappa shape index (κ1) is 13.7. The second-order valence-corrected chi connectivity index (χ2v) is 4.45. The van der Waals surface area contributed by atoms with Gasteiger partial charge in [-0.1, -0.05) is 6.07 Å². The SMILES string of the molecule is CCOC(=O)C(N)C(=O)NC(C)c1cccs1. The predicted molar refractivity (Wildman–Crippen MR) is 65.5 cm³/mol. The highest BCUT2D eigenvalue weighted by molar-refractivity contribution is 7.10. The highest BCUT2D eigenvalue weighted by Gasteiger charge is 2.24. The summed E-state index contributed by atoms with van der Waals surface area (Å²) in [7, 11) is 0. The van der Waals surface area contributed by atoms with Crippen molar-refractivity contribution in [3.63, 3.8) is 0 Å². The molecule has 0 fully saturated rings. The highest BCUT2D eigenvalue weighted by Crippen LogP contribution is 2.17. The van der Waals surface area contributed by atoms with E-state index in [0.717, 1.165) is 4.88 Å². The van der Waals surface area contributed by atoms with Crippen molar-refractivity contribution in [3.05, 3.63) is 22.4 Å². The fourth-order valence-electron chi connectivity index (χ4n) is 1.25. The molecule has 2 atom stereocenters. The third kappa shape index (κ3) is 3.83. The molecule has 5 nitrogen and oxygen atoms in total. The van der Waals surface area contributed by atoms with Crippen LogP contribution < -0.4 is 11.1 Å². The van der Waals surface area contributed by atoms with Gasteiger partial charge in [0.2, 0.25) is 5.91 Å². The maximum atomic E-state index is 11.6. The molecule has 1 aromatic rings. The number of carbonyl (C=O) groups excluding carboxylic acids is 2. The minimum atomic E-state index is -1.27. The van der Waals surface area contributed by atoms with Gasteiger partial charge < -0.3 is 15.8 Å². The van der Waals surface area contributed by atoms with Crippen molar-refractivity contribution in [2.75, 3.05) is 6.61 Å². The lowest BCUT2D eigenvalue weighted by Crippen LogP contribution is -2.47. The summed E-state index contributed by atoms with van der Waals surface area (Å²) in [5, 5.41) is 4.59. The van der Waals surface area contributed by atoms with E-state index < -0.39 is 17.9 Å². The van der Waals surface area contributed by atoms with Gasteiger partial charge in [-0.25, -0.2) is 4.79 Å². The van der Waals surface area contributed by atoms with Crippen molar-refractivity contribution < 1.29 is 14.3 Å². The monoisotopic (exact) mass is 256 g/mol. The Hall–Kier alpha value is -1.40. The summed E-state index contributed by atoms with van der Waals surface area (Å²) in [6.07, 6.45) is 0. The molecule has 0 spiro atoms. The van der Waals surface area contributed by atoms with E-state index in [4.69, 9.17) is 5.73 Å². The van der Waals surface area contributed by atoms with Gasteiger partial charge in [0.25, 0.3) is 0 Å². The van der Waals surface area contributed by atoms with Crippen LogP contribution in [0.4, 0.5) is 0 Å². The standard InChI is InChI=1S/C11H16N2O3S/c1-3-16-11(15)9(12)10(14)13-7(2)8-5-4-6-17-8/h4-7,9H,3,12H2,1-2H3,(H,13,14). The average Bonchev–Trinajstić information content (AvgIpc) is 2.81. The minimum absolute atomic E-state index is 0.164.